The molecule has 0 saturated carbocycles. The van der Waals surface area contributed by atoms with Gasteiger partial charge in [0.2, 0.25) is 0 Å². The molecule has 6 nitrogen and oxygen atoms in total. The Balaban J connectivity index is 5.32. The second-order valence-electron chi connectivity index (χ2n) is 13.8. The van der Waals surface area contributed by atoms with Crippen molar-refractivity contribution in [3.8, 4) is 0 Å². The highest BCUT2D eigenvalue weighted by atomic mass is 16.8. The first kappa shape index (κ1) is 36.8. The topological polar surface area (TPSA) is 55.4 Å². The average molecular weight is 531 g/mol. The van der Waals surface area contributed by atoms with Crippen LogP contribution in [0.25, 0.3) is 0 Å². The van der Waals surface area contributed by atoms with Crippen LogP contribution in [0.4, 0.5) is 0 Å². The maximum Gasteiger partial charge on any atom is 0.640 e. The van der Waals surface area contributed by atoms with Crippen molar-refractivity contribution in [2.45, 2.75) is 176 Å². The number of hydrogen-bond donors (Lipinski definition) is 0. The SMILES string of the molecule is CCCC(C)(C)OCCC(C)(C)OB(OC(C)(C)CCOC(C)C)OC(C)(C)CCOC(C)(C)CCC. The fourth-order valence-corrected chi connectivity index (χ4v) is 4.07. The van der Waals surface area contributed by atoms with Gasteiger partial charge in [0.05, 0.1) is 34.1 Å². The first-order valence-electron chi connectivity index (χ1n) is 14.7. The van der Waals surface area contributed by atoms with E-state index in [9.17, 15) is 0 Å². The van der Waals surface area contributed by atoms with Crippen molar-refractivity contribution >= 4 is 7.32 Å². The smallest absolute Gasteiger partial charge is 0.381 e. The Kier molecular flexibility index (Phi) is 16.1. The van der Waals surface area contributed by atoms with E-state index in [-0.39, 0.29) is 17.3 Å². The van der Waals surface area contributed by atoms with Crippen LogP contribution in [-0.2, 0) is 28.2 Å². The van der Waals surface area contributed by atoms with Crippen LogP contribution in [-0.4, -0.2) is 61.3 Å². The molecule has 0 bridgehead atoms. The summed E-state index contributed by atoms with van der Waals surface area (Å²) < 4.78 is 37.6. The van der Waals surface area contributed by atoms with E-state index in [0.717, 1.165) is 44.9 Å². The van der Waals surface area contributed by atoms with Crippen LogP contribution >= 0.6 is 0 Å². The van der Waals surface area contributed by atoms with Crippen LogP contribution in [0.15, 0.2) is 0 Å². The van der Waals surface area contributed by atoms with Gasteiger partial charge in [-0.3, -0.25) is 0 Å². The Hall–Kier alpha value is -0.175. The van der Waals surface area contributed by atoms with E-state index in [1.54, 1.807) is 0 Å². The minimum absolute atomic E-state index is 0.136. The lowest BCUT2D eigenvalue weighted by molar-refractivity contribution is -0.0973. The molecule has 0 atom stereocenters. The van der Waals surface area contributed by atoms with Gasteiger partial charge in [-0.2, -0.15) is 0 Å². The second-order valence-corrected chi connectivity index (χ2v) is 13.8. The number of rotatable bonds is 22. The molecule has 0 saturated heterocycles. The van der Waals surface area contributed by atoms with Gasteiger partial charge in [-0.15, -0.1) is 0 Å². The van der Waals surface area contributed by atoms with Crippen LogP contribution in [0.3, 0.4) is 0 Å². The van der Waals surface area contributed by atoms with Crippen LogP contribution in [0, 0.1) is 0 Å². The van der Waals surface area contributed by atoms with E-state index in [0.29, 0.717) is 19.8 Å². The van der Waals surface area contributed by atoms with E-state index in [1.165, 1.54) is 0 Å². The summed E-state index contributed by atoms with van der Waals surface area (Å²) in [6.45, 7) is 31.3. The second kappa shape index (κ2) is 16.2. The van der Waals surface area contributed by atoms with Crippen LogP contribution < -0.4 is 0 Å². The predicted octanol–water partition coefficient (Wildman–Crippen LogP) is 8.14. The lowest BCUT2D eigenvalue weighted by Gasteiger charge is -2.38. The molecule has 0 heterocycles. The van der Waals surface area contributed by atoms with Crippen molar-refractivity contribution in [3.05, 3.63) is 0 Å². The fraction of sp³-hybridized carbons (Fsp3) is 1.00. The molecule has 7 heteroatoms. The first-order chi connectivity index (χ1) is 16.7. The van der Waals surface area contributed by atoms with E-state index in [4.69, 9.17) is 28.2 Å². The summed E-state index contributed by atoms with van der Waals surface area (Å²) in [7, 11) is -0.827. The minimum atomic E-state index is -0.827. The zero-order valence-corrected chi connectivity index (χ0v) is 27.2. The van der Waals surface area contributed by atoms with Crippen LogP contribution in [0.1, 0.15) is 142 Å². The fourth-order valence-electron chi connectivity index (χ4n) is 4.07. The summed E-state index contributed by atoms with van der Waals surface area (Å²) in [5.74, 6) is 0. The molecule has 37 heavy (non-hydrogen) atoms. The van der Waals surface area contributed by atoms with Gasteiger partial charge in [0.15, 0.2) is 0 Å². The van der Waals surface area contributed by atoms with Gasteiger partial charge >= 0.3 is 7.32 Å². The summed E-state index contributed by atoms with van der Waals surface area (Å²) in [4.78, 5) is 0. The molecular weight excluding hydrogens is 467 g/mol. The molecule has 0 aliphatic rings. The van der Waals surface area contributed by atoms with E-state index >= 15 is 0 Å². The Morgan fingerprint density at radius 1 is 0.486 bits per heavy atom. The number of ether oxygens (including phenoxy) is 3. The summed E-state index contributed by atoms with van der Waals surface area (Å²) in [6, 6.07) is 0. The lowest BCUT2D eigenvalue weighted by atomic mass is 9.96. The molecule has 0 rings (SSSR count). The molecule has 0 amide bonds. The molecule has 0 spiro atoms. The molecule has 0 aliphatic carbocycles. The van der Waals surface area contributed by atoms with Crippen LogP contribution in [0.5, 0.6) is 0 Å². The van der Waals surface area contributed by atoms with Crippen molar-refractivity contribution in [1.29, 1.82) is 0 Å². The maximum atomic E-state index is 6.49. The highest BCUT2D eigenvalue weighted by Gasteiger charge is 2.40. The summed E-state index contributed by atoms with van der Waals surface area (Å²) >= 11 is 0. The Labute approximate surface area is 231 Å². The summed E-state index contributed by atoms with van der Waals surface area (Å²) in [5.41, 5.74) is -1.74. The van der Waals surface area contributed by atoms with Gasteiger partial charge in [0, 0.05) is 19.8 Å². The largest absolute Gasteiger partial charge is 0.640 e. The molecule has 0 aromatic heterocycles. The quantitative estimate of drug-likeness (QED) is 0.132. The van der Waals surface area contributed by atoms with Crippen molar-refractivity contribution in [1.82, 2.24) is 0 Å². The van der Waals surface area contributed by atoms with Crippen molar-refractivity contribution in [2.75, 3.05) is 19.8 Å². The van der Waals surface area contributed by atoms with Gasteiger partial charge in [0.25, 0.3) is 0 Å². The van der Waals surface area contributed by atoms with Gasteiger partial charge in [0.1, 0.15) is 0 Å². The highest BCUT2D eigenvalue weighted by molar-refractivity contribution is 6.36. The molecule has 0 radical (unpaired) electrons. The highest BCUT2D eigenvalue weighted by Crippen LogP contribution is 2.28. The predicted molar refractivity (Wildman–Crippen MR) is 156 cm³/mol. The van der Waals surface area contributed by atoms with Crippen molar-refractivity contribution in [3.63, 3.8) is 0 Å². The zero-order chi connectivity index (χ0) is 29.0. The van der Waals surface area contributed by atoms with Crippen LogP contribution in [0.2, 0.25) is 0 Å². The normalized spacial score (nSPS) is 14.0. The average Bonchev–Trinajstić information content (AvgIpc) is 2.65. The monoisotopic (exact) mass is 530 g/mol. The third kappa shape index (κ3) is 19.5. The van der Waals surface area contributed by atoms with Gasteiger partial charge in [-0.25, -0.2) is 0 Å². The molecule has 0 unspecified atom stereocenters. The van der Waals surface area contributed by atoms with E-state index in [2.05, 4.69) is 83.1 Å². The van der Waals surface area contributed by atoms with E-state index < -0.39 is 24.1 Å². The lowest BCUT2D eigenvalue weighted by Crippen LogP contribution is -2.48. The molecule has 0 N–H and O–H groups in total. The van der Waals surface area contributed by atoms with Gasteiger partial charge in [-0.05, 0) is 115 Å². The zero-order valence-electron chi connectivity index (χ0n) is 27.2. The third-order valence-electron chi connectivity index (χ3n) is 6.50. The van der Waals surface area contributed by atoms with Crippen molar-refractivity contribution < 1.29 is 28.2 Å². The third-order valence-corrected chi connectivity index (χ3v) is 6.50. The first-order valence-corrected chi connectivity index (χ1v) is 14.7. The Bertz CT molecular complexity index is 563. The standard InChI is InChI=1S/C30H63BO6/c1-15-17-26(5,6)33-23-20-29(11,12)36-31(35-28(9,10)19-22-32-25(3)4)37-30(13,14)21-24-34-27(7,8)18-16-2/h25H,15-24H2,1-14H3. The molecule has 0 aromatic rings. The summed E-state index contributed by atoms with van der Waals surface area (Å²) in [6.07, 6.45) is 6.64. The minimum Gasteiger partial charge on any atom is -0.381 e. The molecular formula is C30H63BO6. The van der Waals surface area contributed by atoms with Gasteiger partial charge < -0.3 is 28.2 Å². The Morgan fingerprint density at radius 3 is 1.11 bits per heavy atom. The molecule has 0 aliphatic heterocycles. The molecule has 0 fully saturated rings. The molecule has 222 valence electrons. The van der Waals surface area contributed by atoms with Crippen molar-refractivity contribution in [2.24, 2.45) is 0 Å². The Morgan fingerprint density at radius 2 is 0.811 bits per heavy atom. The number of hydrogen-bond acceptors (Lipinski definition) is 6. The summed E-state index contributed by atoms with van der Waals surface area (Å²) in [5, 5.41) is 0. The van der Waals surface area contributed by atoms with E-state index in [1.807, 2.05) is 13.8 Å². The molecule has 0 aromatic carbocycles. The van der Waals surface area contributed by atoms with Gasteiger partial charge in [-0.1, -0.05) is 26.7 Å². The maximum absolute atomic E-state index is 6.49.